The number of hydrogen-bond acceptors (Lipinski definition) is 5. The smallest absolute Gasteiger partial charge is 0.509 e. The maximum atomic E-state index is 6.66. The summed E-state index contributed by atoms with van der Waals surface area (Å²) in [5.74, 6) is 4.82. The van der Waals surface area contributed by atoms with E-state index in [1.165, 1.54) is 5.56 Å². The SMILES string of the molecule is Cc1c(C)c(Oc2ccccc2)c(-c2cnn(-c3[c-]c(Oc4[c-]c5c(cc4)c4ccccc4n5-c4cc(C(C)(C)C)ccn4)ccc3)c2)c(Oc2ccccc2)c1C.[Pt+2]. The Labute approximate surface area is 359 Å². The summed E-state index contributed by atoms with van der Waals surface area (Å²) in [7, 11) is 0. The number of para-hydroxylation sites is 3. The van der Waals surface area contributed by atoms with Crippen LogP contribution in [0.1, 0.15) is 43.0 Å². The van der Waals surface area contributed by atoms with Gasteiger partial charge in [-0.15, -0.1) is 35.7 Å². The number of nitrogens with zero attached hydrogens (tertiary/aromatic N) is 4. The minimum Gasteiger partial charge on any atom is -0.509 e. The van der Waals surface area contributed by atoms with E-state index in [9.17, 15) is 0 Å². The molecule has 0 aliphatic carbocycles. The van der Waals surface area contributed by atoms with Crippen LogP contribution < -0.4 is 14.2 Å². The first-order valence-corrected chi connectivity index (χ1v) is 19.4. The Kier molecular flexibility index (Phi) is 10.7. The van der Waals surface area contributed by atoms with Crippen LogP contribution in [-0.4, -0.2) is 19.3 Å². The molecule has 0 saturated heterocycles. The molecular weight excluding hydrogens is 912 g/mol. The molecule has 0 amide bonds. The summed E-state index contributed by atoms with van der Waals surface area (Å²) in [6, 6.07) is 49.1. The van der Waals surface area contributed by atoms with E-state index in [1.54, 1.807) is 4.68 Å². The Morgan fingerprint density at radius 3 is 1.93 bits per heavy atom. The third-order valence-corrected chi connectivity index (χ3v) is 10.7. The molecule has 9 rings (SSSR count). The fourth-order valence-electron chi connectivity index (χ4n) is 7.34. The Morgan fingerprint density at radius 2 is 1.25 bits per heavy atom. The van der Waals surface area contributed by atoms with Gasteiger partial charge in [0, 0.05) is 35.0 Å². The predicted molar refractivity (Wildman–Crippen MR) is 231 cm³/mol. The van der Waals surface area contributed by atoms with Crippen LogP contribution in [0.5, 0.6) is 34.5 Å². The number of aromatic nitrogens is 4. The Balaban J connectivity index is 0.00000484. The van der Waals surface area contributed by atoms with Crippen LogP contribution in [0.25, 0.3) is 44.4 Å². The molecule has 6 aromatic carbocycles. The van der Waals surface area contributed by atoms with Crippen LogP contribution in [0.3, 0.4) is 0 Å². The standard InChI is InChI=1S/C51H42N4O3.Pt/c1-33-34(2)49(57-39-17-9-7-10-18-39)48(50(35(33)3)58-40-19-11-8-12-20-40)36-31-53-54(32-36)38-16-15-21-41(29-38)56-42-24-25-44-43-22-13-14-23-45(43)55(46(44)30-42)47-28-37(26-27-52-47)51(4,5)6;/h7-28,31-32H,1-6H3;/q-2;+2. The molecule has 0 bridgehead atoms. The maximum Gasteiger partial charge on any atom is 2.00 e. The fraction of sp³-hybridized carbons (Fsp3) is 0.137. The molecule has 0 N–H and O–H groups in total. The molecule has 0 unspecified atom stereocenters. The molecule has 3 aromatic heterocycles. The van der Waals surface area contributed by atoms with Crippen molar-refractivity contribution in [2.24, 2.45) is 0 Å². The normalized spacial score (nSPS) is 11.4. The summed E-state index contributed by atoms with van der Waals surface area (Å²) in [4.78, 5) is 4.82. The van der Waals surface area contributed by atoms with Crippen LogP contribution in [0.2, 0.25) is 0 Å². The average molecular weight is 954 g/mol. The Morgan fingerprint density at radius 1 is 0.610 bits per heavy atom. The molecule has 0 radical (unpaired) electrons. The molecule has 0 spiro atoms. The molecule has 0 aliphatic heterocycles. The monoisotopic (exact) mass is 953 g/mol. The van der Waals surface area contributed by atoms with Crippen LogP contribution in [0, 0.1) is 32.9 Å². The van der Waals surface area contributed by atoms with Crippen molar-refractivity contribution in [1.29, 1.82) is 0 Å². The van der Waals surface area contributed by atoms with Crippen molar-refractivity contribution in [3.8, 4) is 57.1 Å². The van der Waals surface area contributed by atoms with Crippen molar-refractivity contribution < 1.29 is 35.3 Å². The van der Waals surface area contributed by atoms with Crippen molar-refractivity contribution in [3.63, 3.8) is 0 Å². The zero-order valence-corrected chi connectivity index (χ0v) is 36.0. The van der Waals surface area contributed by atoms with E-state index >= 15 is 0 Å². The second kappa shape index (κ2) is 16.1. The molecule has 7 nitrogen and oxygen atoms in total. The quantitative estimate of drug-likeness (QED) is 0.135. The third kappa shape index (κ3) is 7.67. The molecule has 0 atom stereocenters. The number of pyridine rings is 1. The molecule has 59 heavy (non-hydrogen) atoms. The summed E-state index contributed by atoms with van der Waals surface area (Å²) in [6.45, 7) is 12.9. The van der Waals surface area contributed by atoms with Crippen molar-refractivity contribution >= 4 is 21.8 Å². The van der Waals surface area contributed by atoms with E-state index in [-0.39, 0.29) is 26.5 Å². The zero-order valence-electron chi connectivity index (χ0n) is 33.7. The van der Waals surface area contributed by atoms with E-state index < -0.39 is 0 Å². The number of hydrogen-bond donors (Lipinski definition) is 0. The van der Waals surface area contributed by atoms with Gasteiger partial charge in [0.25, 0.3) is 0 Å². The number of benzene rings is 6. The van der Waals surface area contributed by atoms with Gasteiger partial charge < -0.3 is 18.8 Å². The summed E-state index contributed by atoms with van der Waals surface area (Å²) in [5.41, 5.74) is 8.61. The molecule has 0 fully saturated rings. The average Bonchev–Trinajstić information content (AvgIpc) is 3.86. The van der Waals surface area contributed by atoms with Crippen molar-refractivity contribution in [2.75, 3.05) is 0 Å². The fourth-order valence-corrected chi connectivity index (χ4v) is 7.34. The third-order valence-electron chi connectivity index (χ3n) is 10.7. The van der Waals surface area contributed by atoms with Crippen molar-refractivity contribution in [3.05, 3.63) is 180 Å². The predicted octanol–water partition coefficient (Wildman–Crippen LogP) is 13.2. The zero-order chi connectivity index (χ0) is 40.0. The summed E-state index contributed by atoms with van der Waals surface area (Å²) in [6.07, 6.45) is 5.70. The van der Waals surface area contributed by atoms with Gasteiger partial charge in [-0.3, -0.25) is 4.68 Å². The first-order valence-electron chi connectivity index (χ1n) is 19.4. The van der Waals surface area contributed by atoms with E-state index in [4.69, 9.17) is 24.3 Å². The van der Waals surface area contributed by atoms with E-state index in [2.05, 4.69) is 101 Å². The van der Waals surface area contributed by atoms with Gasteiger partial charge in [-0.25, -0.2) is 4.98 Å². The van der Waals surface area contributed by atoms with Crippen LogP contribution in [-0.2, 0) is 26.5 Å². The van der Waals surface area contributed by atoms with E-state index in [0.717, 1.165) is 66.9 Å². The molecule has 0 aliphatic rings. The number of rotatable bonds is 9. The van der Waals surface area contributed by atoms with Gasteiger partial charge in [-0.2, -0.15) is 17.2 Å². The van der Waals surface area contributed by atoms with Gasteiger partial charge in [0.05, 0.1) is 11.8 Å². The summed E-state index contributed by atoms with van der Waals surface area (Å²) >= 11 is 0. The molecule has 0 saturated carbocycles. The minimum atomic E-state index is -0.0287. The largest absolute Gasteiger partial charge is 2.00 e. The Bertz CT molecular complexity index is 2880. The molecular formula is C51H42N4O3Pt. The Hall–Kier alpha value is -6.43. The van der Waals surface area contributed by atoms with E-state index in [1.807, 2.05) is 104 Å². The van der Waals surface area contributed by atoms with Crippen LogP contribution in [0.15, 0.2) is 146 Å². The van der Waals surface area contributed by atoms with Gasteiger partial charge in [0.15, 0.2) is 0 Å². The van der Waals surface area contributed by atoms with E-state index in [0.29, 0.717) is 28.7 Å². The van der Waals surface area contributed by atoms with Gasteiger partial charge in [-0.1, -0.05) is 80.9 Å². The second-order valence-corrected chi connectivity index (χ2v) is 15.5. The van der Waals surface area contributed by atoms with Gasteiger partial charge >= 0.3 is 21.1 Å². The number of fused-ring (bicyclic) bond motifs is 3. The number of ether oxygens (including phenoxy) is 3. The van der Waals surface area contributed by atoms with Gasteiger partial charge in [0.2, 0.25) is 0 Å². The minimum absolute atomic E-state index is 0. The summed E-state index contributed by atoms with van der Waals surface area (Å²) < 4.78 is 23.8. The van der Waals surface area contributed by atoms with Gasteiger partial charge in [0.1, 0.15) is 28.8 Å². The molecule has 8 heteroatoms. The van der Waals surface area contributed by atoms with Crippen molar-refractivity contribution in [2.45, 2.75) is 47.0 Å². The first-order chi connectivity index (χ1) is 28.1. The second-order valence-electron chi connectivity index (χ2n) is 15.5. The van der Waals surface area contributed by atoms with Gasteiger partial charge in [-0.05, 0) is 102 Å². The van der Waals surface area contributed by atoms with Crippen molar-refractivity contribution in [1.82, 2.24) is 19.3 Å². The first kappa shape index (κ1) is 39.4. The topological polar surface area (TPSA) is 63.3 Å². The summed E-state index contributed by atoms with van der Waals surface area (Å²) in [5, 5.41) is 7.02. The molecule has 9 aromatic rings. The molecule has 3 heterocycles. The van der Waals surface area contributed by atoms with Crippen LogP contribution in [0.4, 0.5) is 0 Å². The maximum absolute atomic E-state index is 6.66. The van der Waals surface area contributed by atoms with Crippen LogP contribution >= 0.6 is 0 Å². The molecule has 294 valence electrons.